The van der Waals surface area contributed by atoms with Crippen LogP contribution in [0.25, 0.3) is 0 Å². The van der Waals surface area contributed by atoms with E-state index in [0.717, 1.165) is 12.8 Å². The summed E-state index contributed by atoms with van der Waals surface area (Å²) < 4.78 is 11.2. The SMILES string of the molecule is COC1CC(O)C2=C(CC3C(C(C)=O)CCC3(C)O2)C1=O. The fraction of sp³-hybridized carbons (Fsp3) is 0.750. The second-order valence-electron chi connectivity index (χ2n) is 6.66. The number of fused-ring (bicyclic) bond motifs is 1. The summed E-state index contributed by atoms with van der Waals surface area (Å²) in [6.07, 6.45) is 0.917. The summed E-state index contributed by atoms with van der Waals surface area (Å²) >= 11 is 0. The van der Waals surface area contributed by atoms with Gasteiger partial charge in [0.1, 0.15) is 29.4 Å². The minimum Gasteiger partial charge on any atom is -0.488 e. The number of carbonyl (C=O) groups is 2. The molecule has 1 heterocycles. The largest absolute Gasteiger partial charge is 0.488 e. The molecule has 5 unspecified atom stereocenters. The molecule has 0 aromatic heterocycles. The monoisotopic (exact) mass is 294 g/mol. The van der Waals surface area contributed by atoms with Crippen LogP contribution >= 0.6 is 0 Å². The van der Waals surface area contributed by atoms with E-state index < -0.39 is 17.8 Å². The molecule has 1 aliphatic heterocycles. The molecule has 3 rings (SSSR count). The molecule has 0 spiro atoms. The second kappa shape index (κ2) is 4.92. The van der Waals surface area contributed by atoms with Crippen LogP contribution in [0.1, 0.15) is 39.5 Å². The van der Waals surface area contributed by atoms with Crippen molar-refractivity contribution in [2.24, 2.45) is 11.8 Å². The van der Waals surface area contributed by atoms with Crippen molar-refractivity contribution in [1.29, 1.82) is 0 Å². The number of Topliss-reactive ketones (excluding diaryl/α,β-unsaturated/α-hetero) is 2. The molecule has 21 heavy (non-hydrogen) atoms. The molecule has 2 aliphatic carbocycles. The highest BCUT2D eigenvalue weighted by molar-refractivity contribution is 6.00. The normalized spacial score (nSPS) is 42.4. The molecule has 5 heteroatoms. The molecule has 0 amide bonds. The van der Waals surface area contributed by atoms with Crippen LogP contribution in [0.4, 0.5) is 0 Å². The Hall–Kier alpha value is -1.20. The molecule has 1 saturated carbocycles. The number of ketones is 2. The Morgan fingerprint density at radius 2 is 2.19 bits per heavy atom. The predicted molar refractivity (Wildman–Crippen MR) is 74.5 cm³/mol. The van der Waals surface area contributed by atoms with Gasteiger partial charge in [0.05, 0.1) is 0 Å². The lowest BCUT2D eigenvalue weighted by molar-refractivity contribution is -0.137. The Bertz CT molecular complexity index is 523. The summed E-state index contributed by atoms with van der Waals surface area (Å²) in [4.78, 5) is 24.3. The van der Waals surface area contributed by atoms with Crippen molar-refractivity contribution in [2.75, 3.05) is 7.11 Å². The first-order valence-electron chi connectivity index (χ1n) is 7.55. The van der Waals surface area contributed by atoms with Crippen molar-refractivity contribution in [3.05, 3.63) is 11.3 Å². The van der Waals surface area contributed by atoms with Gasteiger partial charge in [-0.15, -0.1) is 0 Å². The van der Waals surface area contributed by atoms with Crippen molar-refractivity contribution in [3.8, 4) is 0 Å². The molecular weight excluding hydrogens is 272 g/mol. The van der Waals surface area contributed by atoms with E-state index in [9.17, 15) is 14.7 Å². The van der Waals surface area contributed by atoms with Crippen LogP contribution in [0.3, 0.4) is 0 Å². The number of hydrogen-bond acceptors (Lipinski definition) is 5. The summed E-state index contributed by atoms with van der Waals surface area (Å²) in [5.74, 6) is 0.422. The van der Waals surface area contributed by atoms with Crippen molar-refractivity contribution >= 4 is 11.6 Å². The summed E-state index contributed by atoms with van der Waals surface area (Å²) in [5, 5.41) is 10.3. The molecule has 3 aliphatic rings. The smallest absolute Gasteiger partial charge is 0.191 e. The molecular formula is C16H22O5. The molecule has 5 nitrogen and oxygen atoms in total. The third-order valence-electron chi connectivity index (χ3n) is 5.42. The van der Waals surface area contributed by atoms with Crippen LogP contribution < -0.4 is 0 Å². The molecule has 1 N–H and O–H groups in total. The highest BCUT2D eigenvalue weighted by atomic mass is 16.5. The number of aliphatic hydroxyl groups excluding tert-OH is 1. The molecule has 0 aromatic carbocycles. The van der Waals surface area contributed by atoms with E-state index in [1.54, 1.807) is 6.92 Å². The van der Waals surface area contributed by atoms with Crippen LogP contribution in [-0.2, 0) is 19.1 Å². The Morgan fingerprint density at radius 1 is 1.48 bits per heavy atom. The van der Waals surface area contributed by atoms with Gasteiger partial charge in [-0.1, -0.05) is 0 Å². The van der Waals surface area contributed by atoms with E-state index in [-0.39, 0.29) is 29.8 Å². The van der Waals surface area contributed by atoms with Gasteiger partial charge in [-0.3, -0.25) is 9.59 Å². The lowest BCUT2D eigenvalue weighted by Gasteiger charge is -2.44. The van der Waals surface area contributed by atoms with Gasteiger partial charge in [-0.25, -0.2) is 0 Å². The summed E-state index contributed by atoms with van der Waals surface area (Å²) in [5.41, 5.74) is 0.0762. The molecule has 0 bridgehead atoms. The lowest BCUT2D eigenvalue weighted by Crippen LogP contribution is -2.47. The van der Waals surface area contributed by atoms with Crippen molar-refractivity contribution in [1.82, 2.24) is 0 Å². The number of ether oxygens (including phenoxy) is 2. The van der Waals surface area contributed by atoms with Gasteiger partial charge in [0.15, 0.2) is 5.78 Å². The van der Waals surface area contributed by atoms with Crippen LogP contribution in [0.2, 0.25) is 0 Å². The van der Waals surface area contributed by atoms with Crippen LogP contribution in [0, 0.1) is 11.8 Å². The molecule has 0 radical (unpaired) electrons. The van der Waals surface area contributed by atoms with E-state index in [1.165, 1.54) is 7.11 Å². The maximum Gasteiger partial charge on any atom is 0.191 e. The minimum absolute atomic E-state index is 0.0144. The Balaban J connectivity index is 1.97. The van der Waals surface area contributed by atoms with Gasteiger partial charge >= 0.3 is 0 Å². The van der Waals surface area contributed by atoms with Gasteiger partial charge in [0.2, 0.25) is 0 Å². The van der Waals surface area contributed by atoms with E-state index in [1.807, 2.05) is 6.92 Å². The number of methoxy groups -OCH3 is 1. The first-order valence-corrected chi connectivity index (χ1v) is 7.55. The van der Waals surface area contributed by atoms with E-state index in [2.05, 4.69) is 0 Å². The zero-order valence-electron chi connectivity index (χ0n) is 12.7. The zero-order valence-corrected chi connectivity index (χ0v) is 12.7. The number of carbonyl (C=O) groups excluding carboxylic acids is 2. The number of rotatable bonds is 2. The van der Waals surface area contributed by atoms with Crippen molar-refractivity contribution < 1.29 is 24.2 Å². The summed E-state index contributed by atoms with van der Waals surface area (Å²) in [6, 6.07) is 0. The average molecular weight is 294 g/mol. The summed E-state index contributed by atoms with van der Waals surface area (Å²) in [6.45, 7) is 3.60. The van der Waals surface area contributed by atoms with Crippen LogP contribution in [0.5, 0.6) is 0 Å². The van der Waals surface area contributed by atoms with E-state index in [0.29, 0.717) is 17.8 Å². The fourth-order valence-corrected chi connectivity index (χ4v) is 4.16. The Labute approximate surface area is 124 Å². The highest BCUT2D eigenvalue weighted by Crippen LogP contribution is 2.52. The predicted octanol–water partition coefficient (Wildman–Crippen LogP) is 1.38. The van der Waals surface area contributed by atoms with Gasteiger partial charge in [0.25, 0.3) is 0 Å². The van der Waals surface area contributed by atoms with E-state index >= 15 is 0 Å². The lowest BCUT2D eigenvalue weighted by atomic mass is 9.74. The van der Waals surface area contributed by atoms with Crippen molar-refractivity contribution in [2.45, 2.75) is 57.3 Å². The van der Waals surface area contributed by atoms with Gasteiger partial charge in [-0.05, 0) is 33.1 Å². The molecule has 116 valence electrons. The van der Waals surface area contributed by atoms with Crippen LogP contribution in [0.15, 0.2) is 11.3 Å². The minimum atomic E-state index is -0.795. The first kappa shape index (κ1) is 14.7. The maximum atomic E-state index is 12.4. The molecule has 5 atom stereocenters. The maximum absolute atomic E-state index is 12.4. The topological polar surface area (TPSA) is 72.8 Å². The highest BCUT2D eigenvalue weighted by Gasteiger charge is 2.54. The standard InChI is InChI=1S/C16H22O5/c1-8(17)9-4-5-16(2)11(9)6-10-14(19)13(20-3)7-12(18)15(10)21-16/h9,11-13,18H,4-7H2,1-3H3. The first-order chi connectivity index (χ1) is 9.87. The fourth-order valence-electron chi connectivity index (χ4n) is 4.16. The third-order valence-corrected chi connectivity index (χ3v) is 5.42. The molecule has 0 aromatic rings. The number of aliphatic hydroxyl groups is 1. The quantitative estimate of drug-likeness (QED) is 0.833. The molecule has 0 saturated heterocycles. The Kier molecular flexibility index (Phi) is 3.45. The van der Waals surface area contributed by atoms with Gasteiger partial charge < -0.3 is 14.6 Å². The zero-order chi connectivity index (χ0) is 15.4. The van der Waals surface area contributed by atoms with E-state index in [4.69, 9.17) is 9.47 Å². The van der Waals surface area contributed by atoms with Crippen molar-refractivity contribution in [3.63, 3.8) is 0 Å². The molecule has 1 fully saturated rings. The third kappa shape index (κ3) is 2.14. The van der Waals surface area contributed by atoms with Gasteiger partial charge in [0, 0.05) is 30.9 Å². The number of hydrogen-bond donors (Lipinski definition) is 1. The Morgan fingerprint density at radius 3 is 2.81 bits per heavy atom. The second-order valence-corrected chi connectivity index (χ2v) is 6.66. The average Bonchev–Trinajstić information content (AvgIpc) is 2.77. The summed E-state index contributed by atoms with van der Waals surface area (Å²) in [7, 11) is 1.47. The van der Waals surface area contributed by atoms with Crippen LogP contribution in [-0.4, -0.2) is 41.6 Å². The van der Waals surface area contributed by atoms with Gasteiger partial charge in [-0.2, -0.15) is 0 Å².